The summed E-state index contributed by atoms with van der Waals surface area (Å²) in [4.78, 5) is 35.5. The van der Waals surface area contributed by atoms with Crippen LogP contribution in [0, 0.1) is 22.5 Å². The molecule has 21 heavy (non-hydrogen) atoms. The molecule has 1 aliphatic rings. The highest BCUT2D eigenvalue weighted by Gasteiger charge is 2.43. The highest BCUT2D eigenvalue weighted by molar-refractivity contribution is 5.99. The van der Waals surface area contributed by atoms with Gasteiger partial charge in [0, 0.05) is 19.2 Å². The van der Waals surface area contributed by atoms with Gasteiger partial charge in [-0.15, -0.1) is 0 Å². The van der Waals surface area contributed by atoms with Crippen LogP contribution in [0.4, 0.5) is 5.69 Å². The third-order valence-corrected chi connectivity index (χ3v) is 3.86. The van der Waals surface area contributed by atoms with E-state index in [9.17, 15) is 24.8 Å². The molecule has 1 aromatic rings. The van der Waals surface area contributed by atoms with Crippen LogP contribution in [0.5, 0.6) is 0 Å². The highest BCUT2D eigenvalue weighted by Crippen LogP contribution is 2.32. The standard InChI is InChI=1S/C14H16N2O5/c1-9-3-4-11(16(20)21)10(7-9)12(17)15-6-5-14(2,8-15)13(18)19/h3-4,7H,5-6,8H2,1-2H3,(H,18,19). The molecule has 1 heterocycles. The summed E-state index contributed by atoms with van der Waals surface area (Å²) in [6, 6.07) is 4.34. The monoisotopic (exact) mass is 292 g/mol. The number of carbonyl (C=O) groups is 2. The van der Waals surface area contributed by atoms with Gasteiger partial charge in [0.25, 0.3) is 11.6 Å². The van der Waals surface area contributed by atoms with E-state index in [1.807, 2.05) is 0 Å². The molecule has 1 unspecified atom stereocenters. The van der Waals surface area contributed by atoms with Gasteiger partial charge in [-0.1, -0.05) is 6.07 Å². The third kappa shape index (κ3) is 2.72. The van der Waals surface area contributed by atoms with Gasteiger partial charge in [0.05, 0.1) is 10.3 Å². The van der Waals surface area contributed by atoms with Crippen LogP contribution < -0.4 is 0 Å². The van der Waals surface area contributed by atoms with Gasteiger partial charge in [0.15, 0.2) is 0 Å². The van der Waals surface area contributed by atoms with E-state index in [0.717, 1.165) is 5.56 Å². The molecule has 1 aromatic carbocycles. The van der Waals surface area contributed by atoms with Crippen molar-refractivity contribution in [2.24, 2.45) is 5.41 Å². The fourth-order valence-corrected chi connectivity index (χ4v) is 2.46. The zero-order chi connectivity index (χ0) is 15.8. The van der Waals surface area contributed by atoms with Crippen LogP contribution in [-0.4, -0.2) is 39.9 Å². The predicted molar refractivity (Wildman–Crippen MR) is 74.1 cm³/mol. The average molecular weight is 292 g/mol. The summed E-state index contributed by atoms with van der Waals surface area (Å²) >= 11 is 0. The topological polar surface area (TPSA) is 101 Å². The Morgan fingerprint density at radius 2 is 2.10 bits per heavy atom. The predicted octanol–water partition coefficient (Wildman–Crippen LogP) is 1.84. The number of likely N-dealkylation sites (tertiary alicyclic amines) is 1. The van der Waals surface area contributed by atoms with Crippen LogP contribution in [-0.2, 0) is 4.79 Å². The minimum absolute atomic E-state index is 0.00892. The van der Waals surface area contributed by atoms with Gasteiger partial charge in [0.2, 0.25) is 0 Å². The number of aliphatic carboxylic acids is 1. The summed E-state index contributed by atoms with van der Waals surface area (Å²) in [6.45, 7) is 3.66. The molecule has 112 valence electrons. The first-order valence-corrected chi connectivity index (χ1v) is 6.52. The summed E-state index contributed by atoms with van der Waals surface area (Å²) in [5.74, 6) is -1.45. The second-order valence-corrected chi connectivity index (χ2v) is 5.62. The van der Waals surface area contributed by atoms with Crippen LogP contribution in [0.15, 0.2) is 18.2 Å². The molecule has 2 rings (SSSR count). The Morgan fingerprint density at radius 3 is 2.62 bits per heavy atom. The normalized spacial score (nSPS) is 21.3. The SMILES string of the molecule is Cc1ccc([N+](=O)[O-])c(C(=O)N2CCC(C)(C(=O)O)C2)c1. The lowest BCUT2D eigenvalue weighted by atomic mass is 9.90. The lowest BCUT2D eigenvalue weighted by Crippen LogP contribution is -2.35. The maximum atomic E-state index is 12.5. The number of nitrogens with zero attached hydrogens (tertiary/aromatic N) is 2. The van der Waals surface area contributed by atoms with Gasteiger partial charge in [-0.05, 0) is 31.9 Å². The van der Waals surface area contributed by atoms with Crippen molar-refractivity contribution in [3.63, 3.8) is 0 Å². The van der Waals surface area contributed by atoms with Crippen LogP contribution in [0.1, 0.15) is 29.3 Å². The number of carbonyl (C=O) groups excluding carboxylic acids is 1. The van der Waals surface area contributed by atoms with Crippen LogP contribution in [0.25, 0.3) is 0 Å². The molecule has 1 N–H and O–H groups in total. The molecule has 1 amide bonds. The van der Waals surface area contributed by atoms with E-state index >= 15 is 0 Å². The Kier molecular flexibility index (Phi) is 3.67. The number of carboxylic acid groups (broad SMARTS) is 1. The number of benzene rings is 1. The Hall–Kier alpha value is -2.44. The van der Waals surface area contributed by atoms with Gasteiger partial charge < -0.3 is 10.0 Å². The fraction of sp³-hybridized carbons (Fsp3) is 0.429. The number of hydrogen-bond acceptors (Lipinski definition) is 4. The Labute approximate surface area is 121 Å². The molecule has 0 aromatic heterocycles. The lowest BCUT2D eigenvalue weighted by molar-refractivity contribution is -0.385. The van der Waals surface area contributed by atoms with E-state index in [1.165, 1.54) is 17.0 Å². The minimum Gasteiger partial charge on any atom is -0.481 e. The molecule has 0 spiro atoms. The molecular weight excluding hydrogens is 276 g/mol. The van der Waals surface area contributed by atoms with Crippen molar-refractivity contribution in [2.45, 2.75) is 20.3 Å². The molecule has 0 aliphatic carbocycles. The number of hydrogen-bond donors (Lipinski definition) is 1. The van der Waals surface area contributed by atoms with Crippen molar-refractivity contribution in [3.05, 3.63) is 39.4 Å². The van der Waals surface area contributed by atoms with Gasteiger partial charge in [0.1, 0.15) is 5.56 Å². The zero-order valence-electron chi connectivity index (χ0n) is 11.8. The molecule has 1 atom stereocenters. The van der Waals surface area contributed by atoms with Crippen molar-refractivity contribution in [1.82, 2.24) is 4.90 Å². The maximum Gasteiger partial charge on any atom is 0.311 e. The summed E-state index contributed by atoms with van der Waals surface area (Å²) in [7, 11) is 0. The number of rotatable bonds is 3. The fourth-order valence-electron chi connectivity index (χ4n) is 2.46. The molecular formula is C14H16N2O5. The first-order chi connectivity index (χ1) is 9.74. The average Bonchev–Trinajstić information content (AvgIpc) is 2.81. The summed E-state index contributed by atoms with van der Waals surface area (Å²) in [6.07, 6.45) is 0.341. The molecule has 1 saturated heterocycles. The summed E-state index contributed by atoms with van der Waals surface area (Å²) in [5.41, 5.74) is -0.498. The second kappa shape index (κ2) is 5.16. The highest BCUT2D eigenvalue weighted by atomic mass is 16.6. The molecule has 0 radical (unpaired) electrons. The minimum atomic E-state index is -0.992. The number of nitro benzene ring substituents is 1. The van der Waals surface area contributed by atoms with Crippen molar-refractivity contribution < 1.29 is 19.6 Å². The number of aryl methyl sites for hydroxylation is 1. The Balaban J connectivity index is 2.32. The first kappa shape index (κ1) is 15.0. The van der Waals surface area contributed by atoms with Crippen molar-refractivity contribution >= 4 is 17.6 Å². The summed E-state index contributed by atoms with van der Waals surface area (Å²) < 4.78 is 0. The van der Waals surface area contributed by atoms with E-state index in [4.69, 9.17) is 0 Å². The van der Waals surface area contributed by atoms with Crippen molar-refractivity contribution in [3.8, 4) is 0 Å². The van der Waals surface area contributed by atoms with E-state index in [2.05, 4.69) is 0 Å². The van der Waals surface area contributed by atoms with E-state index in [-0.39, 0.29) is 24.3 Å². The summed E-state index contributed by atoms with van der Waals surface area (Å²) in [5, 5.41) is 20.2. The quantitative estimate of drug-likeness (QED) is 0.676. The van der Waals surface area contributed by atoms with Gasteiger partial charge >= 0.3 is 5.97 Å². The second-order valence-electron chi connectivity index (χ2n) is 5.62. The molecule has 1 fully saturated rings. The third-order valence-electron chi connectivity index (χ3n) is 3.86. The van der Waals surface area contributed by atoms with Crippen molar-refractivity contribution in [1.29, 1.82) is 0 Å². The van der Waals surface area contributed by atoms with Crippen LogP contribution in [0.3, 0.4) is 0 Å². The number of amides is 1. The molecule has 0 saturated carbocycles. The maximum absolute atomic E-state index is 12.5. The van der Waals surface area contributed by atoms with E-state index in [0.29, 0.717) is 6.42 Å². The van der Waals surface area contributed by atoms with Gasteiger partial charge in [-0.3, -0.25) is 19.7 Å². The number of carboxylic acids is 1. The van der Waals surface area contributed by atoms with Crippen LogP contribution in [0.2, 0.25) is 0 Å². The largest absolute Gasteiger partial charge is 0.481 e. The molecule has 7 nitrogen and oxygen atoms in total. The van der Waals surface area contributed by atoms with E-state index < -0.39 is 22.2 Å². The Morgan fingerprint density at radius 1 is 1.43 bits per heavy atom. The lowest BCUT2D eigenvalue weighted by Gasteiger charge is -2.20. The van der Waals surface area contributed by atoms with E-state index in [1.54, 1.807) is 19.9 Å². The van der Waals surface area contributed by atoms with Gasteiger partial charge in [-0.25, -0.2) is 0 Å². The smallest absolute Gasteiger partial charge is 0.311 e. The number of nitro groups is 1. The molecule has 0 bridgehead atoms. The van der Waals surface area contributed by atoms with Gasteiger partial charge in [-0.2, -0.15) is 0 Å². The molecule has 1 aliphatic heterocycles. The molecule has 7 heteroatoms. The first-order valence-electron chi connectivity index (χ1n) is 6.52. The Bertz CT molecular complexity index is 628. The zero-order valence-corrected chi connectivity index (χ0v) is 11.8. The van der Waals surface area contributed by atoms with Crippen molar-refractivity contribution in [2.75, 3.05) is 13.1 Å². The van der Waals surface area contributed by atoms with Crippen LogP contribution >= 0.6 is 0 Å².